The zero-order chi connectivity index (χ0) is 22.6. The van der Waals surface area contributed by atoms with E-state index >= 15 is 0 Å². The molecule has 33 heavy (non-hydrogen) atoms. The van der Waals surface area contributed by atoms with Crippen LogP contribution in [0.25, 0.3) is 16.7 Å². The van der Waals surface area contributed by atoms with Crippen LogP contribution < -0.4 is 9.64 Å². The van der Waals surface area contributed by atoms with Crippen LogP contribution in [0.4, 0.5) is 5.82 Å². The van der Waals surface area contributed by atoms with Gasteiger partial charge >= 0.3 is 0 Å². The zero-order valence-electron chi connectivity index (χ0n) is 18.1. The number of thiophene rings is 1. The number of fused-ring (bicyclic) bond motifs is 1. The van der Waals surface area contributed by atoms with E-state index in [-0.39, 0.29) is 0 Å². The number of aromatic nitrogens is 4. The highest BCUT2D eigenvalue weighted by atomic mass is 35.5. The Labute approximate surface area is 201 Å². The quantitative estimate of drug-likeness (QED) is 0.270. The van der Waals surface area contributed by atoms with E-state index in [2.05, 4.69) is 49.6 Å². The van der Waals surface area contributed by atoms with Crippen molar-refractivity contribution in [3.05, 3.63) is 94.0 Å². The van der Waals surface area contributed by atoms with Gasteiger partial charge in [-0.15, -0.1) is 11.3 Å². The van der Waals surface area contributed by atoms with E-state index in [1.165, 1.54) is 10.4 Å². The lowest BCUT2D eigenvalue weighted by Gasteiger charge is -2.24. The molecule has 0 unspecified atom stereocenters. The summed E-state index contributed by atoms with van der Waals surface area (Å²) in [6.45, 7) is 4.06. The minimum absolute atomic E-state index is 0.618. The van der Waals surface area contributed by atoms with E-state index in [4.69, 9.17) is 16.3 Å². The summed E-state index contributed by atoms with van der Waals surface area (Å²) in [5, 5.41) is 8.18. The molecule has 3 heterocycles. The molecule has 2 aromatic carbocycles. The first-order valence-corrected chi connectivity index (χ1v) is 11.9. The molecule has 0 amide bonds. The van der Waals surface area contributed by atoms with Crippen molar-refractivity contribution in [2.75, 3.05) is 11.5 Å². The van der Waals surface area contributed by atoms with Gasteiger partial charge in [0.2, 0.25) is 0 Å². The summed E-state index contributed by atoms with van der Waals surface area (Å²) in [7, 11) is 0. The third-order valence-corrected chi connectivity index (χ3v) is 6.44. The number of benzene rings is 2. The molecule has 0 radical (unpaired) electrons. The van der Waals surface area contributed by atoms with Crippen molar-refractivity contribution in [1.82, 2.24) is 19.7 Å². The zero-order valence-corrected chi connectivity index (χ0v) is 19.6. The number of halogens is 1. The predicted molar refractivity (Wildman–Crippen MR) is 133 cm³/mol. The highest BCUT2D eigenvalue weighted by Gasteiger charge is 2.18. The van der Waals surface area contributed by atoms with Crippen LogP contribution in [-0.4, -0.2) is 26.4 Å². The van der Waals surface area contributed by atoms with Crippen LogP contribution in [-0.2, 0) is 13.1 Å². The molecule has 0 saturated carbocycles. The van der Waals surface area contributed by atoms with Crippen molar-refractivity contribution in [3.63, 3.8) is 0 Å². The Balaban J connectivity index is 1.54. The minimum Gasteiger partial charge on any atom is -0.494 e. The monoisotopic (exact) mass is 475 g/mol. The van der Waals surface area contributed by atoms with Crippen molar-refractivity contribution in [1.29, 1.82) is 0 Å². The molecule has 0 N–H and O–H groups in total. The van der Waals surface area contributed by atoms with Gasteiger partial charge < -0.3 is 9.64 Å². The summed E-state index contributed by atoms with van der Waals surface area (Å²) in [6.07, 6.45) is 3.40. The van der Waals surface area contributed by atoms with E-state index in [9.17, 15) is 0 Å². The van der Waals surface area contributed by atoms with Crippen LogP contribution in [0, 0.1) is 0 Å². The molecule has 0 aliphatic rings. The van der Waals surface area contributed by atoms with Crippen LogP contribution in [0.1, 0.15) is 17.4 Å². The van der Waals surface area contributed by atoms with Gasteiger partial charge in [0.1, 0.15) is 17.9 Å². The number of rotatable bonds is 8. The van der Waals surface area contributed by atoms with Gasteiger partial charge in [0.05, 0.1) is 35.4 Å². The molecular weight excluding hydrogens is 454 g/mol. The Bertz CT molecular complexity index is 1350. The van der Waals surface area contributed by atoms with E-state index in [1.54, 1.807) is 22.3 Å². The average Bonchev–Trinajstić information content (AvgIpc) is 3.50. The Morgan fingerprint density at radius 1 is 1.00 bits per heavy atom. The molecule has 0 atom stereocenters. The Kier molecular flexibility index (Phi) is 6.24. The van der Waals surface area contributed by atoms with Crippen LogP contribution in [0.15, 0.2) is 78.6 Å². The van der Waals surface area contributed by atoms with Crippen LogP contribution in [0.2, 0.25) is 5.02 Å². The average molecular weight is 476 g/mol. The summed E-state index contributed by atoms with van der Waals surface area (Å²) < 4.78 is 7.36. The smallest absolute Gasteiger partial charge is 0.168 e. The van der Waals surface area contributed by atoms with Crippen molar-refractivity contribution in [3.8, 4) is 11.4 Å². The first kappa shape index (κ1) is 21.4. The van der Waals surface area contributed by atoms with Crippen molar-refractivity contribution in [2.24, 2.45) is 0 Å². The summed E-state index contributed by atoms with van der Waals surface area (Å²) in [5.74, 6) is 1.71. The fraction of sp³-hybridized carbons (Fsp3) is 0.160. The van der Waals surface area contributed by atoms with Crippen molar-refractivity contribution in [2.45, 2.75) is 20.0 Å². The van der Waals surface area contributed by atoms with Crippen molar-refractivity contribution < 1.29 is 4.74 Å². The lowest BCUT2D eigenvalue weighted by molar-refractivity contribution is 0.340. The normalized spacial score (nSPS) is 11.1. The first-order chi connectivity index (χ1) is 16.2. The molecular formula is C25H22ClN5OS. The molecule has 0 aliphatic heterocycles. The molecule has 8 heteroatoms. The second-order valence-corrected chi connectivity index (χ2v) is 8.89. The predicted octanol–water partition coefficient (Wildman–Crippen LogP) is 6.14. The molecule has 0 fully saturated rings. The SMILES string of the molecule is CCOc1ccc(CN(Cc2cccs2)c2ncnc3c2cnn3-c2ccccc2Cl)cc1. The summed E-state index contributed by atoms with van der Waals surface area (Å²) >= 11 is 8.16. The van der Waals surface area contributed by atoms with E-state index in [1.807, 2.05) is 49.5 Å². The van der Waals surface area contributed by atoms with Crippen molar-refractivity contribution >= 4 is 39.8 Å². The fourth-order valence-electron chi connectivity index (χ4n) is 3.76. The number of nitrogens with zero attached hydrogens (tertiary/aromatic N) is 5. The summed E-state index contributed by atoms with van der Waals surface area (Å²) in [6, 6.07) is 20.0. The number of anilines is 1. The minimum atomic E-state index is 0.618. The maximum Gasteiger partial charge on any atom is 0.168 e. The van der Waals surface area contributed by atoms with Gasteiger partial charge in [-0.2, -0.15) is 5.10 Å². The molecule has 6 nitrogen and oxygen atoms in total. The van der Waals surface area contributed by atoms with Gasteiger partial charge in [0.15, 0.2) is 5.65 Å². The third-order valence-electron chi connectivity index (χ3n) is 5.26. The molecule has 3 aromatic heterocycles. The topological polar surface area (TPSA) is 56.1 Å². The number of hydrogen-bond donors (Lipinski definition) is 0. The summed E-state index contributed by atoms with van der Waals surface area (Å²) in [5.41, 5.74) is 2.67. The highest BCUT2D eigenvalue weighted by molar-refractivity contribution is 7.09. The summed E-state index contributed by atoms with van der Waals surface area (Å²) in [4.78, 5) is 12.7. The van der Waals surface area contributed by atoms with Gasteiger partial charge in [0, 0.05) is 11.4 Å². The highest BCUT2D eigenvalue weighted by Crippen LogP contribution is 2.30. The third kappa shape index (κ3) is 4.55. The van der Waals surface area contributed by atoms with Gasteiger partial charge in [-0.3, -0.25) is 0 Å². The Hall–Kier alpha value is -3.42. The van der Waals surface area contributed by atoms with Gasteiger partial charge in [0.25, 0.3) is 0 Å². The molecule has 5 rings (SSSR count). The first-order valence-electron chi connectivity index (χ1n) is 10.7. The Morgan fingerprint density at radius 3 is 2.61 bits per heavy atom. The standard InChI is InChI=1S/C25H22ClN5OS/c1-2-32-19-11-9-18(10-12-19)15-30(16-20-6-5-13-33-20)24-21-14-29-31(25(21)28-17-27-24)23-8-4-3-7-22(23)26/h3-14,17H,2,15-16H2,1H3. The molecule has 0 spiro atoms. The number of hydrogen-bond acceptors (Lipinski definition) is 6. The van der Waals surface area contributed by atoms with Crippen LogP contribution in [0.5, 0.6) is 5.75 Å². The molecule has 0 bridgehead atoms. The number of para-hydroxylation sites is 1. The molecule has 0 saturated heterocycles. The van der Waals surface area contributed by atoms with Gasteiger partial charge in [-0.25, -0.2) is 14.6 Å². The van der Waals surface area contributed by atoms with Gasteiger partial charge in [-0.1, -0.05) is 41.9 Å². The Morgan fingerprint density at radius 2 is 1.85 bits per heavy atom. The lowest BCUT2D eigenvalue weighted by atomic mass is 10.2. The van der Waals surface area contributed by atoms with Gasteiger partial charge in [-0.05, 0) is 48.2 Å². The molecule has 0 aliphatic carbocycles. The van der Waals surface area contributed by atoms with Crippen LogP contribution >= 0.6 is 22.9 Å². The lowest BCUT2D eigenvalue weighted by Crippen LogP contribution is -2.23. The second kappa shape index (κ2) is 9.60. The maximum atomic E-state index is 6.43. The van der Waals surface area contributed by atoms with E-state index in [0.717, 1.165) is 34.8 Å². The van der Waals surface area contributed by atoms with E-state index < -0.39 is 0 Å². The van der Waals surface area contributed by atoms with E-state index in [0.29, 0.717) is 18.2 Å². The van der Waals surface area contributed by atoms with Crippen LogP contribution in [0.3, 0.4) is 0 Å². The largest absolute Gasteiger partial charge is 0.494 e. The molecule has 166 valence electrons. The fourth-order valence-corrected chi connectivity index (χ4v) is 4.69. The number of ether oxygens (including phenoxy) is 1. The molecule has 5 aromatic rings. The maximum absolute atomic E-state index is 6.43. The second-order valence-electron chi connectivity index (χ2n) is 7.45.